The predicted octanol–water partition coefficient (Wildman–Crippen LogP) is -4.76. The van der Waals surface area contributed by atoms with Crippen LogP contribution in [-0.2, 0) is 28.8 Å². The fraction of sp³-hybridized carbons (Fsp3) is 0.611. The molecule has 3 amide bonds. The molecule has 0 aliphatic heterocycles. The average molecular weight is 505 g/mol. The average Bonchev–Trinajstić information content (AvgIpc) is 2.76. The van der Waals surface area contributed by atoms with Crippen LogP contribution in [0.2, 0.25) is 0 Å². The van der Waals surface area contributed by atoms with Gasteiger partial charge in [0.05, 0.1) is 13.0 Å². The molecular weight excluding hydrogens is 474 g/mol. The van der Waals surface area contributed by atoms with Crippen molar-refractivity contribution in [1.82, 2.24) is 16.0 Å². The van der Waals surface area contributed by atoms with E-state index in [1.807, 2.05) is 5.32 Å². The molecular formula is C18H31N7O10. The zero-order chi connectivity index (χ0) is 27.1. The summed E-state index contributed by atoms with van der Waals surface area (Å²) < 4.78 is 0. The van der Waals surface area contributed by atoms with Gasteiger partial charge >= 0.3 is 17.9 Å². The van der Waals surface area contributed by atoms with Crippen LogP contribution in [0.1, 0.15) is 32.1 Å². The zero-order valence-electron chi connectivity index (χ0n) is 18.7. The number of carboxylic acid groups (broad SMARTS) is 3. The normalized spacial score (nSPS) is 13.9. The first-order chi connectivity index (χ1) is 16.3. The maximum Gasteiger partial charge on any atom is 0.326 e. The van der Waals surface area contributed by atoms with Crippen molar-refractivity contribution in [3.8, 4) is 0 Å². The summed E-state index contributed by atoms with van der Waals surface area (Å²) in [4.78, 5) is 74.4. The second-order valence-corrected chi connectivity index (χ2v) is 7.29. The van der Waals surface area contributed by atoms with Gasteiger partial charge in [-0.2, -0.15) is 0 Å². The summed E-state index contributed by atoms with van der Waals surface area (Å²) in [5, 5.41) is 42.5. The molecule has 0 bridgehead atoms. The molecule has 17 nitrogen and oxygen atoms in total. The molecule has 0 saturated heterocycles. The fourth-order valence-corrected chi connectivity index (χ4v) is 2.59. The Morgan fingerprint density at radius 3 is 1.80 bits per heavy atom. The number of carbonyl (C=O) groups is 6. The van der Waals surface area contributed by atoms with Crippen LogP contribution in [0, 0.1) is 0 Å². The third-order valence-corrected chi connectivity index (χ3v) is 4.38. The van der Waals surface area contributed by atoms with Crippen molar-refractivity contribution in [3.63, 3.8) is 0 Å². The third-order valence-electron chi connectivity index (χ3n) is 4.38. The van der Waals surface area contributed by atoms with Gasteiger partial charge in [0.15, 0.2) is 5.96 Å². The molecule has 0 aliphatic rings. The number of nitrogens with zero attached hydrogens (tertiary/aromatic N) is 1. The molecule has 0 heterocycles. The lowest BCUT2D eigenvalue weighted by molar-refractivity contribution is -0.143. The molecule has 0 saturated carbocycles. The van der Waals surface area contributed by atoms with E-state index in [0.29, 0.717) is 0 Å². The number of rotatable bonds is 17. The number of guanidine groups is 1. The highest BCUT2D eigenvalue weighted by atomic mass is 16.4. The monoisotopic (exact) mass is 505 g/mol. The number of aliphatic hydroxyl groups is 1. The molecule has 17 heteroatoms. The Labute approximate surface area is 199 Å². The molecule has 0 aromatic heterocycles. The fourth-order valence-electron chi connectivity index (χ4n) is 2.59. The van der Waals surface area contributed by atoms with Crippen LogP contribution in [-0.4, -0.2) is 99.3 Å². The van der Waals surface area contributed by atoms with Gasteiger partial charge in [-0.1, -0.05) is 0 Å². The van der Waals surface area contributed by atoms with Crippen molar-refractivity contribution in [2.75, 3.05) is 13.2 Å². The lowest BCUT2D eigenvalue weighted by Crippen LogP contribution is -2.57. The summed E-state index contributed by atoms with van der Waals surface area (Å²) >= 11 is 0. The van der Waals surface area contributed by atoms with Crippen molar-refractivity contribution in [2.24, 2.45) is 22.2 Å². The SMILES string of the molecule is NC(N)=NCCCC(NC(=O)C(CCC(=O)O)NC(=O)C(CC(=O)O)NC(=O)C(N)CO)C(=O)O. The lowest BCUT2D eigenvalue weighted by Gasteiger charge is -2.24. The predicted molar refractivity (Wildman–Crippen MR) is 118 cm³/mol. The Morgan fingerprint density at radius 1 is 0.771 bits per heavy atom. The largest absolute Gasteiger partial charge is 0.481 e. The molecule has 0 radical (unpaired) electrons. The number of nitrogens with one attached hydrogen (secondary N) is 3. The smallest absolute Gasteiger partial charge is 0.326 e. The van der Waals surface area contributed by atoms with E-state index in [4.69, 9.17) is 32.5 Å². The van der Waals surface area contributed by atoms with Gasteiger partial charge < -0.3 is 53.6 Å². The van der Waals surface area contributed by atoms with Gasteiger partial charge in [-0.3, -0.25) is 29.0 Å². The van der Waals surface area contributed by atoms with E-state index in [9.17, 15) is 33.9 Å². The van der Waals surface area contributed by atoms with E-state index >= 15 is 0 Å². The second kappa shape index (κ2) is 15.8. The lowest BCUT2D eigenvalue weighted by atomic mass is 10.1. The number of aliphatic imine (C=N–C) groups is 1. The Hall–Kier alpha value is -3.99. The second-order valence-electron chi connectivity index (χ2n) is 7.29. The molecule has 0 fully saturated rings. The summed E-state index contributed by atoms with van der Waals surface area (Å²) in [6.07, 6.45) is -1.94. The number of carbonyl (C=O) groups excluding carboxylic acids is 3. The third kappa shape index (κ3) is 13.3. The first kappa shape index (κ1) is 31.0. The van der Waals surface area contributed by atoms with Crippen LogP contribution in [0.3, 0.4) is 0 Å². The van der Waals surface area contributed by atoms with Gasteiger partial charge in [-0.25, -0.2) is 4.79 Å². The number of hydrogen-bond donors (Lipinski definition) is 10. The molecule has 35 heavy (non-hydrogen) atoms. The molecule has 198 valence electrons. The van der Waals surface area contributed by atoms with E-state index in [0.717, 1.165) is 0 Å². The van der Waals surface area contributed by atoms with E-state index in [1.54, 1.807) is 0 Å². The van der Waals surface area contributed by atoms with Gasteiger partial charge in [0.2, 0.25) is 17.7 Å². The minimum Gasteiger partial charge on any atom is -0.481 e. The van der Waals surface area contributed by atoms with E-state index < -0.39 is 85.7 Å². The molecule has 0 aromatic rings. The Bertz CT molecular complexity index is 815. The summed E-state index contributed by atoms with van der Waals surface area (Å²) in [5.74, 6) is -7.72. The summed E-state index contributed by atoms with van der Waals surface area (Å²) in [5.41, 5.74) is 15.7. The van der Waals surface area contributed by atoms with Crippen molar-refractivity contribution in [1.29, 1.82) is 0 Å². The molecule has 13 N–H and O–H groups in total. The van der Waals surface area contributed by atoms with Crippen LogP contribution < -0.4 is 33.2 Å². The number of aliphatic hydroxyl groups excluding tert-OH is 1. The van der Waals surface area contributed by atoms with Crippen molar-refractivity contribution in [2.45, 2.75) is 56.3 Å². The Balaban J connectivity index is 5.52. The Kier molecular flexibility index (Phi) is 14.0. The van der Waals surface area contributed by atoms with E-state index in [2.05, 4.69) is 15.6 Å². The van der Waals surface area contributed by atoms with Gasteiger partial charge in [0.25, 0.3) is 0 Å². The van der Waals surface area contributed by atoms with Gasteiger partial charge in [-0.05, 0) is 19.3 Å². The first-order valence-corrected chi connectivity index (χ1v) is 10.3. The van der Waals surface area contributed by atoms with Crippen molar-refractivity contribution < 1.29 is 49.2 Å². The minimum absolute atomic E-state index is 0.0771. The summed E-state index contributed by atoms with van der Waals surface area (Å²) in [7, 11) is 0. The van der Waals surface area contributed by atoms with Gasteiger partial charge in [-0.15, -0.1) is 0 Å². The van der Waals surface area contributed by atoms with E-state index in [1.165, 1.54) is 0 Å². The molecule has 0 aromatic carbocycles. The van der Waals surface area contributed by atoms with Gasteiger partial charge in [0.1, 0.15) is 24.2 Å². The van der Waals surface area contributed by atoms with Crippen molar-refractivity contribution in [3.05, 3.63) is 0 Å². The molecule has 4 atom stereocenters. The maximum atomic E-state index is 12.7. The van der Waals surface area contributed by atoms with Crippen LogP contribution >= 0.6 is 0 Å². The maximum absolute atomic E-state index is 12.7. The highest BCUT2D eigenvalue weighted by Crippen LogP contribution is 2.05. The highest BCUT2D eigenvalue weighted by molar-refractivity contribution is 5.95. The number of nitrogens with two attached hydrogens (primary N) is 3. The molecule has 0 aliphatic carbocycles. The van der Waals surface area contributed by atoms with Crippen LogP contribution in [0.25, 0.3) is 0 Å². The molecule has 4 unspecified atom stereocenters. The van der Waals surface area contributed by atoms with Crippen molar-refractivity contribution >= 4 is 41.6 Å². The summed E-state index contributed by atoms with van der Waals surface area (Å²) in [6.45, 7) is -0.718. The van der Waals surface area contributed by atoms with Crippen LogP contribution in [0.15, 0.2) is 4.99 Å². The molecule has 0 spiro atoms. The minimum atomic E-state index is -1.73. The number of carboxylic acids is 3. The number of hydrogen-bond acceptors (Lipinski definition) is 9. The highest BCUT2D eigenvalue weighted by Gasteiger charge is 2.31. The van der Waals surface area contributed by atoms with Crippen LogP contribution in [0.4, 0.5) is 0 Å². The first-order valence-electron chi connectivity index (χ1n) is 10.3. The number of aliphatic carboxylic acids is 3. The summed E-state index contributed by atoms with van der Waals surface area (Å²) in [6, 6.07) is -6.20. The topological polar surface area (TPSA) is 310 Å². The quantitative estimate of drug-likeness (QED) is 0.0504. The van der Waals surface area contributed by atoms with Crippen LogP contribution in [0.5, 0.6) is 0 Å². The Morgan fingerprint density at radius 2 is 1.31 bits per heavy atom. The van der Waals surface area contributed by atoms with E-state index in [-0.39, 0.29) is 25.3 Å². The number of amides is 3. The molecule has 0 rings (SSSR count). The zero-order valence-corrected chi connectivity index (χ0v) is 18.7. The standard InChI is InChI=1S/C18H31N7O10/c19-8(7-26)14(31)25-11(6-13(29)30)16(33)23-9(3-4-12(27)28)15(32)24-10(17(34)35)2-1-5-22-18(20)21/h8-11,26H,1-7,19H2,(H,23,33)(H,24,32)(H,25,31)(H,27,28)(H,29,30)(H,34,35)(H4,20,21,22). The van der Waals surface area contributed by atoms with Gasteiger partial charge in [0, 0.05) is 13.0 Å².